The first kappa shape index (κ1) is 11.5. The topological polar surface area (TPSA) is 12.0 Å². The van der Waals surface area contributed by atoms with Crippen LogP contribution in [0, 0.1) is 17.6 Å². The average Bonchev–Trinajstić information content (AvgIpc) is 2.23. The molecule has 0 amide bonds. The fourth-order valence-corrected chi connectivity index (χ4v) is 2.35. The van der Waals surface area contributed by atoms with Crippen LogP contribution in [0.15, 0.2) is 12.1 Å². The van der Waals surface area contributed by atoms with Crippen LogP contribution in [0.2, 0.25) is 0 Å². The van der Waals surface area contributed by atoms with Gasteiger partial charge in [0.25, 0.3) is 0 Å². The lowest BCUT2D eigenvalue weighted by atomic mass is 9.89. The molecule has 1 unspecified atom stereocenters. The molecule has 1 nitrogen and oxygen atoms in total. The summed E-state index contributed by atoms with van der Waals surface area (Å²) in [5.41, 5.74) is 1.49. The highest BCUT2D eigenvalue weighted by Crippen LogP contribution is 2.30. The number of halogens is 2. The standard InChI is InChI=1S/C13H17F2N/c1-8(2)7-12-9-3-4-11(14)13(15)10(9)5-6-16-12/h3-4,8,12,16H,5-7H2,1-2H3. The number of nitrogens with one attached hydrogen (secondary N) is 1. The van der Waals surface area contributed by atoms with E-state index in [1.165, 1.54) is 6.07 Å². The van der Waals surface area contributed by atoms with Gasteiger partial charge in [0.2, 0.25) is 0 Å². The van der Waals surface area contributed by atoms with E-state index < -0.39 is 11.6 Å². The van der Waals surface area contributed by atoms with Crippen molar-refractivity contribution in [1.29, 1.82) is 0 Å². The van der Waals surface area contributed by atoms with Crippen LogP contribution < -0.4 is 5.32 Å². The van der Waals surface area contributed by atoms with Crippen molar-refractivity contribution in [3.05, 3.63) is 34.9 Å². The molecule has 0 radical (unpaired) electrons. The second-order valence-corrected chi connectivity index (χ2v) is 4.82. The SMILES string of the molecule is CC(C)CC1NCCc2c1ccc(F)c2F. The molecule has 1 atom stereocenters. The van der Waals surface area contributed by atoms with E-state index in [0.29, 0.717) is 17.9 Å². The van der Waals surface area contributed by atoms with Crippen molar-refractivity contribution in [3.8, 4) is 0 Å². The number of fused-ring (bicyclic) bond motifs is 1. The Hall–Kier alpha value is -0.960. The van der Waals surface area contributed by atoms with Crippen LogP contribution in [0.3, 0.4) is 0 Å². The molecule has 0 fully saturated rings. The maximum absolute atomic E-state index is 13.6. The maximum atomic E-state index is 13.6. The van der Waals surface area contributed by atoms with Crippen LogP contribution in [0.5, 0.6) is 0 Å². The Morgan fingerprint density at radius 2 is 2.12 bits per heavy atom. The summed E-state index contributed by atoms with van der Waals surface area (Å²) >= 11 is 0. The summed E-state index contributed by atoms with van der Waals surface area (Å²) in [6, 6.07) is 3.11. The van der Waals surface area contributed by atoms with Crippen molar-refractivity contribution in [2.75, 3.05) is 6.54 Å². The molecular weight excluding hydrogens is 208 g/mol. The van der Waals surface area contributed by atoms with Crippen molar-refractivity contribution in [1.82, 2.24) is 5.32 Å². The van der Waals surface area contributed by atoms with Gasteiger partial charge in [0, 0.05) is 6.04 Å². The normalized spacial score (nSPS) is 19.9. The summed E-state index contributed by atoms with van der Waals surface area (Å²) in [4.78, 5) is 0. The second-order valence-electron chi connectivity index (χ2n) is 4.82. The lowest BCUT2D eigenvalue weighted by molar-refractivity contribution is 0.401. The Kier molecular flexibility index (Phi) is 3.24. The summed E-state index contributed by atoms with van der Waals surface area (Å²) < 4.78 is 26.7. The van der Waals surface area contributed by atoms with Crippen LogP contribution in [0.25, 0.3) is 0 Å². The number of rotatable bonds is 2. The monoisotopic (exact) mass is 225 g/mol. The van der Waals surface area contributed by atoms with E-state index in [1.54, 1.807) is 6.07 Å². The minimum atomic E-state index is -0.732. The highest BCUT2D eigenvalue weighted by atomic mass is 19.2. The zero-order valence-electron chi connectivity index (χ0n) is 9.69. The van der Waals surface area contributed by atoms with Crippen molar-refractivity contribution < 1.29 is 8.78 Å². The van der Waals surface area contributed by atoms with Crippen molar-refractivity contribution in [2.24, 2.45) is 5.92 Å². The molecule has 0 aliphatic carbocycles. The minimum Gasteiger partial charge on any atom is -0.310 e. The van der Waals surface area contributed by atoms with Gasteiger partial charge < -0.3 is 5.32 Å². The third kappa shape index (κ3) is 2.09. The summed E-state index contributed by atoms with van der Waals surface area (Å²) in [7, 11) is 0. The van der Waals surface area contributed by atoms with E-state index in [4.69, 9.17) is 0 Å². The smallest absolute Gasteiger partial charge is 0.162 e. The van der Waals surface area contributed by atoms with E-state index in [9.17, 15) is 8.78 Å². The Bertz CT molecular complexity index is 388. The molecule has 0 saturated heterocycles. The predicted molar refractivity (Wildman–Crippen MR) is 60.3 cm³/mol. The molecule has 0 aromatic heterocycles. The van der Waals surface area contributed by atoms with Crippen molar-refractivity contribution >= 4 is 0 Å². The van der Waals surface area contributed by atoms with Crippen LogP contribution >= 0.6 is 0 Å². The second kappa shape index (κ2) is 4.50. The van der Waals surface area contributed by atoms with Crippen LogP contribution in [-0.2, 0) is 6.42 Å². The van der Waals surface area contributed by atoms with Gasteiger partial charge in [-0.3, -0.25) is 0 Å². The molecule has 1 N–H and O–H groups in total. The zero-order chi connectivity index (χ0) is 11.7. The molecule has 16 heavy (non-hydrogen) atoms. The van der Waals surface area contributed by atoms with Gasteiger partial charge in [-0.15, -0.1) is 0 Å². The van der Waals surface area contributed by atoms with Crippen molar-refractivity contribution in [3.63, 3.8) is 0 Å². The third-order valence-corrected chi connectivity index (χ3v) is 3.08. The van der Waals surface area contributed by atoms with E-state index in [0.717, 1.165) is 18.5 Å². The fraction of sp³-hybridized carbons (Fsp3) is 0.538. The van der Waals surface area contributed by atoms with Gasteiger partial charge in [-0.05, 0) is 42.5 Å². The quantitative estimate of drug-likeness (QED) is 0.815. The Labute approximate surface area is 94.9 Å². The van der Waals surface area contributed by atoms with Crippen LogP contribution in [0.4, 0.5) is 8.78 Å². The Balaban J connectivity index is 2.36. The van der Waals surface area contributed by atoms with Gasteiger partial charge in [0.1, 0.15) is 0 Å². The first-order chi connectivity index (χ1) is 7.59. The molecule has 3 heteroatoms. The lowest BCUT2D eigenvalue weighted by Gasteiger charge is -2.28. The molecule has 1 aliphatic rings. The average molecular weight is 225 g/mol. The largest absolute Gasteiger partial charge is 0.310 e. The van der Waals surface area contributed by atoms with E-state index in [2.05, 4.69) is 19.2 Å². The summed E-state index contributed by atoms with van der Waals surface area (Å²) in [5, 5.41) is 3.36. The molecule has 0 bridgehead atoms. The van der Waals surface area contributed by atoms with Crippen LogP contribution in [0.1, 0.15) is 37.4 Å². The molecule has 88 valence electrons. The van der Waals surface area contributed by atoms with Gasteiger partial charge in [-0.2, -0.15) is 0 Å². The molecule has 1 aromatic carbocycles. The predicted octanol–water partition coefficient (Wildman–Crippen LogP) is 3.20. The highest BCUT2D eigenvalue weighted by Gasteiger charge is 2.24. The first-order valence-corrected chi connectivity index (χ1v) is 5.79. The number of hydrogen-bond acceptors (Lipinski definition) is 1. The molecule has 2 rings (SSSR count). The van der Waals surface area contributed by atoms with Gasteiger partial charge in [-0.1, -0.05) is 19.9 Å². The maximum Gasteiger partial charge on any atom is 0.162 e. The summed E-state index contributed by atoms with van der Waals surface area (Å²) in [6.45, 7) is 5.00. The Morgan fingerprint density at radius 1 is 1.38 bits per heavy atom. The Morgan fingerprint density at radius 3 is 2.81 bits per heavy atom. The highest BCUT2D eigenvalue weighted by molar-refractivity contribution is 5.34. The van der Waals surface area contributed by atoms with Gasteiger partial charge in [0.15, 0.2) is 11.6 Å². The van der Waals surface area contributed by atoms with Crippen molar-refractivity contribution in [2.45, 2.75) is 32.7 Å². The number of hydrogen-bond donors (Lipinski definition) is 1. The first-order valence-electron chi connectivity index (χ1n) is 5.79. The fourth-order valence-electron chi connectivity index (χ4n) is 2.35. The van der Waals surface area contributed by atoms with Gasteiger partial charge >= 0.3 is 0 Å². The molecule has 0 spiro atoms. The van der Waals surface area contributed by atoms with Crippen LogP contribution in [-0.4, -0.2) is 6.54 Å². The molecule has 1 aliphatic heterocycles. The molecule has 1 aromatic rings. The zero-order valence-corrected chi connectivity index (χ0v) is 9.69. The minimum absolute atomic E-state index is 0.166. The number of benzene rings is 1. The molecular formula is C13H17F2N. The lowest BCUT2D eigenvalue weighted by Crippen LogP contribution is -2.31. The molecule has 1 heterocycles. The summed E-state index contributed by atoms with van der Waals surface area (Å²) in [6.07, 6.45) is 1.53. The van der Waals surface area contributed by atoms with E-state index >= 15 is 0 Å². The van der Waals surface area contributed by atoms with E-state index in [-0.39, 0.29) is 6.04 Å². The molecule has 0 saturated carbocycles. The third-order valence-electron chi connectivity index (χ3n) is 3.08. The van der Waals surface area contributed by atoms with Gasteiger partial charge in [0.05, 0.1) is 0 Å². The van der Waals surface area contributed by atoms with E-state index in [1.807, 2.05) is 0 Å². The summed E-state index contributed by atoms with van der Waals surface area (Å²) in [5.74, 6) is -0.853. The van der Waals surface area contributed by atoms with Gasteiger partial charge in [-0.25, -0.2) is 8.78 Å².